The third-order valence-electron chi connectivity index (χ3n) is 2.30. The van der Waals surface area contributed by atoms with Gasteiger partial charge in [0.15, 0.2) is 11.6 Å². The molecule has 0 atom stereocenters. The van der Waals surface area contributed by atoms with Crippen LogP contribution in [0, 0.1) is 35.2 Å². The molecule has 21 heavy (non-hydrogen) atoms. The number of carbonyl (C=O) groups is 1. The van der Waals surface area contributed by atoms with Crippen LogP contribution in [-0.4, -0.2) is 11.0 Å². The van der Waals surface area contributed by atoms with Crippen molar-refractivity contribution in [2.24, 2.45) is 0 Å². The van der Waals surface area contributed by atoms with Crippen LogP contribution < -0.4 is 4.74 Å². The molecule has 2 aromatic rings. The second-order valence-corrected chi connectivity index (χ2v) is 3.66. The van der Waals surface area contributed by atoms with Gasteiger partial charge in [-0.25, -0.2) is 13.6 Å². The van der Waals surface area contributed by atoms with E-state index in [9.17, 15) is 31.1 Å². The zero-order chi connectivity index (χ0) is 15.7. The first-order valence-electron chi connectivity index (χ1n) is 5.18. The Morgan fingerprint density at radius 1 is 0.952 bits per heavy atom. The molecule has 1 heterocycles. The third-order valence-corrected chi connectivity index (χ3v) is 2.30. The van der Waals surface area contributed by atoms with Crippen molar-refractivity contribution in [2.75, 3.05) is 0 Å². The maximum Gasteiger partial charge on any atom is 0.348 e. The highest BCUT2D eigenvalue weighted by Gasteiger charge is 2.25. The Morgan fingerprint density at radius 2 is 1.52 bits per heavy atom. The summed E-state index contributed by atoms with van der Waals surface area (Å²) in [6.45, 7) is 0. The summed E-state index contributed by atoms with van der Waals surface area (Å²) in [6, 6.07) is 1.08. The van der Waals surface area contributed by atoms with Crippen LogP contribution in [0.25, 0.3) is 0 Å². The number of rotatable bonds is 2. The van der Waals surface area contributed by atoms with Gasteiger partial charge >= 0.3 is 5.97 Å². The summed E-state index contributed by atoms with van der Waals surface area (Å²) in [5.41, 5.74) is -0.972. The van der Waals surface area contributed by atoms with Crippen molar-refractivity contribution in [2.45, 2.75) is 0 Å². The summed E-state index contributed by atoms with van der Waals surface area (Å²) in [4.78, 5) is 14.1. The van der Waals surface area contributed by atoms with Crippen molar-refractivity contribution < 1.29 is 35.9 Å². The van der Waals surface area contributed by atoms with E-state index in [0.717, 1.165) is 0 Å². The number of hydrogen-bond acceptors (Lipinski definition) is 3. The van der Waals surface area contributed by atoms with Gasteiger partial charge in [0, 0.05) is 6.07 Å². The van der Waals surface area contributed by atoms with Crippen LogP contribution >= 0.6 is 0 Å². The molecule has 1 aromatic carbocycles. The topological polar surface area (TPSA) is 39.2 Å². The molecule has 2 rings (SSSR count). The number of hydrogen-bond donors (Lipinski definition) is 0. The molecule has 0 aliphatic rings. The van der Waals surface area contributed by atoms with Gasteiger partial charge in [-0.15, -0.1) is 0 Å². The predicted octanol–water partition coefficient (Wildman–Crippen LogP) is 3.14. The molecule has 110 valence electrons. The smallest absolute Gasteiger partial charge is 0.348 e. The molecule has 0 unspecified atom stereocenters. The summed E-state index contributed by atoms with van der Waals surface area (Å²) in [5.74, 6) is -13.8. The van der Waals surface area contributed by atoms with Gasteiger partial charge in [0.05, 0.1) is 0 Å². The van der Waals surface area contributed by atoms with E-state index < -0.39 is 52.4 Å². The molecule has 0 aliphatic heterocycles. The molecule has 0 saturated heterocycles. The molecule has 0 fully saturated rings. The molecule has 3 nitrogen and oxygen atoms in total. The van der Waals surface area contributed by atoms with Gasteiger partial charge in [-0.2, -0.15) is 22.5 Å². The Labute approximate surface area is 112 Å². The molecule has 9 heteroatoms. The second-order valence-electron chi connectivity index (χ2n) is 3.66. The minimum absolute atomic E-state index is 0.0952. The van der Waals surface area contributed by atoms with Crippen molar-refractivity contribution in [3.8, 4) is 5.75 Å². The van der Waals surface area contributed by atoms with Crippen molar-refractivity contribution in [1.82, 2.24) is 4.98 Å². The average molecular weight is 307 g/mol. The van der Waals surface area contributed by atoms with Gasteiger partial charge in [0.2, 0.25) is 29.3 Å². The lowest BCUT2D eigenvalue weighted by molar-refractivity contribution is 0.0711. The molecular weight excluding hydrogens is 304 g/mol. The van der Waals surface area contributed by atoms with Crippen molar-refractivity contribution in [3.05, 3.63) is 58.9 Å². The fourth-order valence-electron chi connectivity index (χ4n) is 1.35. The molecule has 0 aliphatic carbocycles. The highest BCUT2D eigenvalue weighted by atomic mass is 19.2. The lowest BCUT2D eigenvalue weighted by atomic mass is 10.2. The van der Waals surface area contributed by atoms with Crippen LogP contribution in [0.1, 0.15) is 10.4 Å². The molecular formula is C12H3F6NO2. The standard InChI is InChI=1S/C12H3F6NO2/c13-5-3-6(14)9(17)10(8(5)16)21-12(20)4-1-2-7(15)19-11(4)18/h1-3H. The zero-order valence-corrected chi connectivity index (χ0v) is 9.76. The monoisotopic (exact) mass is 307 g/mol. The molecule has 0 bridgehead atoms. The maximum atomic E-state index is 13.3. The normalized spacial score (nSPS) is 10.6. The zero-order valence-electron chi connectivity index (χ0n) is 9.76. The summed E-state index contributed by atoms with van der Waals surface area (Å²) >= 11 is 0. The number of pyridine rings is 1. The number of carbonyl (C=O) groups excluding carboxylic acids is 1. The highest BCUT2D eigenvalue weighted by Crippen LogP contribution is 2.27. The second kappa shape index (κ2) is 5.43. The summed E-state index contributed by atoms with van der Waals surface area (Å²) in [7, 11) is 0. The fraction of sp³-hybridized carbons (Fsp3) is 0. The number of nitrogens with zero attached hydrogens (tertiary/aromatic N) is 1. The molecule has 0 radical (unpaired) electrons. The minimum Gasteiger partial charge on any atom is -0.416 e. The quantitative estimate of drug-likeness (QED) is 0.281. The number of esters is 1. The Kier molecular flexibility index (Phi) is 3.83. The minimum atomic E-state index is -1.97. The van der Waals surface area contributed by atoms with Crippen LogP contribution in [0.4, 0.5) is 26.3 Å². The highest BCUT2D eigenvalue weighted by molar-refractivity contribution is 5.91. The number of benzene rings is 1. The molecule has 1 aromatic heterocycles. The van der Waals surface area contributed by atoms with Crippen molar-refractivity contribution in [3.63, 3.8) is 0 Å². The van der Waals surface area contributed by atoms with Crippen LogP contribution in [-0.2, 0) is 0 Å². The number of ether oxygens (including phenoxy) is 1. The first-order chi connectivity index (χ1) is 9.81. The molecule has 0 amide bonds. The first kappa shape index (κ1) is 14.8. The lowest BCUT2D eigenvalue weighted by Gasteiger charge is -2.08. The van der Waals surface area contributed by atoms with Crippen LogP contribution in [0.5, 0.6) is 5.75 Å². The molecule has 0 spiro atoms. The van der Waals surface area contributed by atoms with Gasteiger partial charge in [-0.3, -0.25) is 0 Å². The molecule has 0 saturated carbocycles. The fourth-order valence-corrected chi connectivity index (χ4v) is 1.35. The Bertz CT molecular complexity index is 708. The van der Waals surface area contributed by atoms with E-state index in [2.05, 4.69) is 9.72 Å². The van der Waals surface area contributed by atoms with Crippen LogP contribution in [0.15, 0.2) is 18.2 Å². The number of aromatic nitrogens is 1. The summed E-state index contributed by atoms with van der Waals surface area (Å²) in [5, 5.41) is 0. The van der Waals surface area contributed by atoms with E-state index in [4.69, 9.17) is 0 Å². The van der Waals surface area contributed by atoms with Crippen molar-refractivity contribution >= 4 is 5.97 Å². The van der Waals surface area contributed by atoms with Gasteiger partial charge in [-0.05, 0) is 12.1 Å². The lowest BCUT2D eigenvalue weighted by Crippen LogP contribution is -2.15. The summed E-state index contributed by atoms with van der Waals surface area (Å²) < 4.78 is 82.1. The van der Waals surface area contributed by atoms with E-state index in [0.29, 0.717) is 12.1 Å². The van der Waals surface area contributed by atoms with Gasteiger partial charge in [0.25, 0.3) is 0 Å². The Hall–Kier alpha value is -2.58. The first-order valence-corrected chi connectivity index (χ1v) is 5.18. The van der Waals surface area contributed by atoms with E-state index in [1.807, 2.05) is 0 Å². The largest absolute Gasteiger partial charge is 0.416 e. The van der Waals surface area contributed by atoms with Crippen molar-refractivity contribution in [1.29, 1.82) is 0 Å². The van der Waals surface area contributed by atoms with Gasteiger partial charge in [0.1, 0.15) is 5.56 Å². The predicted molar refractivity (Wildman–Crippen MR) is 55.4 cm³/mol. The van der Waals surface area contributed by atoms with E-state index in [1.54, 1.807) is 0 Å². The van der Waals surface area contributed by atoms with E-state index >= 15 is 0 Å². The SMILES string of the molecule is O=C(Oc1c(F)c(F)cc(F)c1F)c1ccc(F)nc1F. The average Bonchev–Trinajstić information content (AvgIpc) is 2.41. The molecule has 0 N–H and O–H groups in total. The number of halogens is 6. The van der Waals surface area contributed by atoms with Crippen LogP contribution in [0.2, 0.25) is 0 Å². The Balaban J connectivity index is 2.41. The van der Waals surface area contributed by atoms with Gasteiger partial charge in [-0.1, -0.05) is 0 Å². The Morgan fingerprint density at radius 3 is 2.05 bits per heavy atom. The van der Waals surface area contributed by atoms with E-state index in [1.165, 1.54) is 0 Å². The van der Waals surface area contributed by atoms with E-state index in [-0.39, 0.29) is 6.07 Å². The summed E-state index contributed by atoms with van der Waals surface area (Å²) in [6.07, 6.45) is 0. The maximum absolute atomic E-state index is 13.3. The van der Waals surface area contributed by atoms with Gasteiger partial charge < -0.3 is 4.74 Å². The van der Waals surface area contributed by atoms with Crippen LogP contribution in [0.3, 0.4) is 0 Å². The third kappa shape index (κ3) is 2.81.